The molecule has 1 aromatic rings. The molecule has 0 unspecified atom stereocenters. The predicted molar refractivity (Wildman–Crippen MR) is 116 cm³/mol. The van der Waals surface area contributed by atoms with Crippen LogP contribution in [0.3, 0.4) is 0 Å². The Labute approximate surface area is 168 Å². The molecule has 2 rings (SSSR count). The van der Waals surface area contributed by atoms with E-state index in [2.05, 4.69) is 53.1 Å². The SMILES string of the molecule is CCNC(=NCCCC(=O)N1CCc2ccccc2C1)NCCCCSC. The van der Waals surface area contributed by atoms with Crippen molar-refractivity contribution in [3.63, 3.8) is 0 Å². The summed E-state index contributed by atoms with van der Waals surface area (Å²) in [6, 6.07) is 8.43. The van der Waals surface area contributed by atoms with Crippen LogP contribution in [0.25, 0.3) is 0 Å². The Morgan fingerprint density at radius 2 is 2.00 bits per heavy atom. The molecule has 1 aliphatic rings. The number of hydrogen-bond acceptors (Lipinski definition) is 3. The van der Waals surface area contributed by atoms with E-state index in [-0.39, 0.29) is 5.91 Å². The van der Waals surface area contributed by atoms with E-state index in [1.165, 1.54) is 23.3 Å². The standard InChI is InChI=1S/C21H34N4OS/c1-3-22-21(23-13-6-7-16-27-2)24-14-8-11-20(26)25-15-12-18-9-4-5-10-19(18)17-25/h4-5,9-10H,3,6-8,11-17H2,1-2H3,(H2,22,23,24). The largest absolute Gasteiger partial charge is 0.357 e. The Kier molecular flexibility index (Phi) is 10.1. The van der Waals surface area contributed by atoms with Crippen LogP contribution in [0.4, 0.5) is 0 Å². The van der Waals surface area contributed by atoms with Gasteiger partial charge in [0.1, 0.15) is 0 Å². The molecule has 2 N–H and O–H groups in total. The average Bonchev–Trinajstić information content (AvgIpc) is 2.70. The number of guanidine groups is 1. The Balaban J connectivity index is 1.69. The lowest BCUT2D eigenvalue weighted by molar-refractivity contribution is -0.132. The van der Waals surface area contributed by atoms with Gasteiger partial charge in [-0.2, -0.15) is 11.8 Å². The molecule has 0 bridgehead atoms. The third-order valence-electron chi connectivity index (χ3n) is 4.71. The Morgan fingerprint density at radius 3 is 2.78 bits per heavy atom. The summed E-state index contributed by atoms with van der Waals surface area (Å²) in [4.78, 5) is 19.1. The number of thioether (sulfide) groups is 1. The van der Waals surface area contributed by atoms with E-state index in [1.807, 2.05) is 16.7 Å². The lowest BCUT2D eigenvalue weighted by atomic mass is 9.99. The third-order valence-corrected chi connectivity index (χ3v) is 5.41. The first kappa shape index (κ1) is 21.6. The first-order valence-electron chi connectivity index (χ1n) is 10.1. The van der Waals surface area contributed by atoms with Crippen molar-refractivity contribution in [3.8, 4) is 0 Å². The predicted octanol–water partition coefficient (Wildman–Crippen LogP) is 3.05. The van der Waals surface area contributed by atoms with Crippen molar-refractivity contribution in [2.75, 3.05) is 38.2 Å². The Morgan fingerprint density at radius 1 is 1.19 bits per heavy atom. The maximum atomic E-state index is 12.5. The van der Waals surface area contributed by atoms with Gasteiger partial charge in [-0.05, 0) is 55.7 Å². The molecule has 5 nitrogen and oxygen atoms in total. The zero-order valence-electron chi connectivity index (χ0n) is 16.8. The summed E-state index contributed by atoms with van der Waals surface area (Å²) in [6.07, 6.45) is 6.84. The molecule has 0 saturated heterocycles. The number of carbonyl (C=O) groups excluding carboxylic acids is 1. The zero-order chi connectivity index (χ0) is 19.3. The maximum absolute atomic E-state index is 12.5. The lowest BCUT2D eigenvalue weighted by Gasteiger charge is -2.28. The van der Waals surface area contributed by atoms with Crippen molar-refractivity contribution < 1.29 is 4.79 Å². The van der Waals surface area contributed by atoms with Crippen LogP contribution in [0.2, 0.25) is 0 Å². The average molecular weight is 391 g/mol. The van der Waals surface area contributed by atoms with E-state index in [4.69, 9.17) is 0 Å². The third kappa shape index (κ3) is 7.83. The lowest BCUT2D eigenvalue weighted by Crippen LogP contribution is -2.38. The minimum absolute atomic E-state index is 0.245. The van der Waals surface area contributed by atoms with Crippen LogP contribution < -0.4 is 10.6 Å². The molecule has 0 aromatic heterocycles. The summed E-state index contributed by atoms with van der Waals surface area (Å²) in [5.41, 5.74) is 2.67. The molecule has 0 aliphatic carbocycles. The van der Waals surface area contributed by atoms with Gasteiger partial charge in [0.2, 0.25) is 5.91 Å². The maximum Gasteiger partial charge on any atom is 0.222 e. The molecular weight excluding hydrogens is 356 g/mol. The van der Waals surface area contributed by atoms with E-state index < -0.39 is 0 Å². The highest BCUT2D eigenvalue weighted by molar-refractivity contribution is 7.98. The van der Waals surface area contributed by atoms with Crippen LogP contribution in [-0.4, -0.2) is 55.0 Å². The zero-order valence-corrected chi connectivity index (χ0v) is 17.6. The van der Waals surface area contributed by atoms with Gasteiger partial charge in [-0.25, -0.2) is 0 Å². The smallest absolute Gasteiger partial charge is 0.222 e. The quantitative estimate of drug-likeness (QED) is 0.366. The number of fused-ring (bicyclic) bond motifs is 1. The van der Waals surface area contributed by atoms with Gasteiger partial charge < -0.3 is 15.5 Å². The van der Waals surface area contributed by atoms with Gasteiger partial charge in [-0.3, -0.25) is 9.79 Å². The molecule has 0 saturated carbocycles. The van der Waals surface area contributed by atoms with Crippen LogP contribution in [0.5, 0.6) is 0 Å². The molecule has 0 spiro atoms. The highest BCUT2D eigenvalue weighted by Gasteiger charge is 2.19. The van der Waals surface area contributed by atoms with E-state index >= 15 is 0 Å². The first-order valence-corrected chi connectivity index (χ1v) is 11.5. The van der Waals surface area contributed by atoms with Gasteiger partial charge in [0.05, 0.1) is 0 Å². The molecule has 0 fully saturated rings. The molecular formula is C21H34N4OS. The number of carbonyl (C=O) groups is 1. The van der Waals surface area contributed by atoms with Gasteiger partial charge in [0.25, 0.3) is 0 Å². The molecule has 1 heterocycles. The molecule has 0 radical (unpaired) electrons. The van der Waals surface area contributed by atoms with Gasteiger partial charge in [0.15, 0.2) is 5.96 Å². The number of amides is 1. The van der Waals surface area contributed by atoms with E-state index in [0.29, 0.717) is 13.0 Å². The molecule has 150 valence electrons. The van der Waals surface area contributed by atoms with E-state index in [0.717, 1.165) is 51.4 Å². The minimum Gasteiger partial charge on any atom is -0.357 e. The second-order valence-corrected chi connectivity index (χ2v) is 7.81. The second kappa shape index (κ2) is 12.7. The first-order chi connectivity index (χ1) is 13.2. The van der Waals surface area contributed by atoms with Crippen LogP contribution in [0.1, 0.15) is 43.7 Å². The summed E-state index contributed by atoms with van der Waals surface area (Å²) in [5, 5.41) is 6.65. The highest BCUT2D eigenvalue weighted by Crippen LogP contribution is 2.19. The number of nitrogens with one attached hydrogen (secondary N) is 2. The molecule has 0 atom stereocenters. The number of unbranched alkanes of at least 4 members (excludes halogenated alkanes) is 1. The summed E-state index contributed by atoms with van der Waals surface area (Å²) in [7, 11) is 0. The molecule has 1 amide bonds. The monoisotopic (exact) mass is 390 g/mol. The Bertz CT molecular complexity index is 606. The minimum atomic E-state index is 0.245. The van der Waals surface area contributed by atoms with Crippen molar-refractivity contribution in [2.45, 2.75) is 45.6 Å². The Hall–Kier alpha value is -1.69. The van der Waals surface area contributed by atoms with Gasteiger partial charge in [0, 0.05) is 39.1 Å². The number of benzene rings is 1. The van der Waals surface area contributed by atoms with Crippen molar-refractivity contribution in [3.05, 3.63) is 35.4 Å². The normalized spacial score (nSPS) is 14.0. The number of nitrogens with zero attached hydrogens (tertiary/aromatic N) is 2. The molecule has 1 aliphatic heterocycles. The van der Waals surface area contributed by atoms with Crippen LogP contribution in [0, 0.1) is 0 Å². The van der Waals surface area contributed by atoms with Crippen LogP contribution in [0.15, 0.2) is 29.3 Å². The second-order valence-electron chi connectivity index (χ2n) is 6.82. The summed E-state index contributed by atoms with van der Waals surface area (Å²) >= 11 is 1.89. The molecule has 27 heavy (non-hydrogen) atoms. The summed E-state index contributed by atoms with van der Waals surface area (Å²) in [6.45, 7) is 6.12. The summed E-state index contributed by atoms with van der Waals surface area (Å²) < 4.78 is 0. The fourth-order valence-electron chi connectivity index (χ4n) is 3.21. The summed E-state index contributed by atoms with van der Waals surface area (Å²) in [5.74, 6) is 2.31. The number of aliphatic imine (C=N–C) groups is 1. The van der Waals surface area contributed by atoms with Gasteiger partial charge in [-0.15, -0.1) is 0 Å². The molecule has 6 heteroatoms. The number of hydrogen-bond donors (Lipinski definition) is 2. The topological polar surface area (TPSA) is 56.7 Å². The van der Waals surface area contributed by atoms with E-state index in [9.17, 15) is 4.79 Å². The van der Waals surface area contributed by atoms with Crippen molar-refractivity contribution in [1.29, 1.82) is 0 Å². The fourth-order valence-corrected chi connectivity index (χ4v) is 3.70. The van der Waals surface area contributed by atoms with Crippen molar-refractivity contribution in [2.24, 2.45) is 4.99 Å². The van der Waals surface area contributed by atoms with Crippen LogP contribution >= 0.6 is 11.8 Å². The van der Waals surface area contributed by atoms with Crippen molar-refractivity contribution >= 4 is 23.6 Å². The van der Waals surface area contributed by atoms with Gasteiger partial charge >= 0.3 is 0 Å². The van der Waals surface area contributed by atoms with E-state index in [1.54, 1.807) is 0 Å². The van der Waals surface area contributed by atoms with Gasteiger partial charge in [-0.1, -0.05) is 24.3 Å². The fraction of sp³-hybridized carbons (Fsp3) is 0.619. The van der Waals surface area contributed by atoms with Crippen molar-refractivity contribution in [1.82, 2.24) is 15.5 Å². The highest BCUT2D eigenvalue weighted by atomic mass is 32.2. The molecule has 1 aromatic carbocycles. The number of rotatable bonds is 10. The van der Waals surface area contributed by atoms with Crippen LogP contribution in [-0.2, 0) is 17.8 Å².